The van der Waals surface area contributed by atoms with Gasteiger partial charge in [0, 0.05) is 18.3 Å². The van der Waals surface area contributed by atoms with Crippen LogP contribution < -0.4 is 14.8 Å². The van der Waals surface area contributed by atoms with E-state index in [2.05, 4.69) is 5.32 Å². The molecule has 1 amide bonds. The molecule has 0 aromatic heterocycles. The van der Waals surface area contributed by atoms with E-state index in [4.69, 9.17) is 9.47 Å². The molecule has 0 fully saturated rings. The van der Waals surface area contributed by atoms with Crippen molar-refractivity contribution in [2.45, 2.75) is 25.8 Å². The summed E-state index contributed by atoms with van der Waals surface area (Å²) in [5, 5.41) is 12.2. The van der Waals surface area contributed by atoms with E-state index in [0.717, 1.165) is 11.1 Å². The SMILES string of the molecule is COc1cc2c(cc1OC)C(CC(=O)O)N(CC(=O)Nc1ccc(F)cc1C)CC2. The number of nitrogens with zero attached hydrogens (tertiary/aromatic N) is 1. The molecule has 1 atom stereocenters. The fourth-order valence-electron chi connectivity index (χ4n) is 3.82. The maximum Gasteiger partial charge on any atom is 0.305 e. The van der Waals surface area contributed by atoms with Crippen LogP contribution in [0.4, 0.5) is 10.1 Å². The lowest BCUT2D eigenvalue weighted by Gasteiger charge is -2.36. The summed E-state index contributed by atoms with van der Waals surface area (Å²) in [4.78, 5) is 26.0. The van der Waals surface area contributed by atoms with E-state index in [1.165, 1.54) is 25.3 Å². The molecule has 0 saturated heterocycles. The van der Waals surface area contributed by atoms with E-state index in [9.17, 15) is 19.1 Å². The zero-order chi connectivity index (χ0) is 21.8. The first-order valence-electron chi connectivity index (χ1n) is 9.59. The topological polar surface area (TPSA) is 88.1 Å². The summed E-state index contributed by atoms with van der Waals surface area (Å²) in [7, 11) is 3.07. The maximum absolute atomic E-state index is 13.3. The van der Waals surface area contributed by atoms with Gasteiger partial charge >= 0.3 is 5.97 Å². The largest absolute Gasteiger partial charge is 0.493 e. The first-order valence-corrected chi connectivity index (χ1v) is 9.59. The third-order valence-corrected chi connectivity index (χ3v) is 5.29. The number of hydrogen-bond acceptors (Lipinski definition) is 5. The molecule has 1 unspecified atom stereocenters. The second-order valence-corrected chi connectivity index (χ2v) is 7.25. The first-order chi connectivity index (χ1) is 14.3. The molecular formula is C22H25FN2O5. The van der Waals surface area contributed by atoms with Crippen molar-refractivity contribution in [2.24, 2.45) is 0 Å². The molecule has 160 valence electrons. The Morgan fingerprint density at radius 1 is 1.20 bits per heavy atom. The van der Waals surface area contributed by atoms with Crippen molar-refractivity contribution in [3.05, 3.63) is 52.8 Å². The second kappa shape index (κ2) is 9.13. The molecule has 0 saturated carbocycles. The highest BCUT2D eigenvalue weighted by atomic mass is 19.1. The predicted octanol–water partition coefficient (Wildman–Crippen LogP) is 3.16. The third-order valence-electron chi connectivity index (χ3n) is 5.29. The highest BCUT2D eigenvalue weighted by Crippen LogP contribution is 2.39. The molecule has 2 N–H and O–H groups in total. The fraction of sp³-hybridized carbons (Fsp3) is 0.364. The number of carbonyl (C=O) groups is 2. The Kier molecular flexibility index (Phi) is 6.56. The molecule has 8 heteroatoms. The van der Waals surface area contributed by atoms with Crippen LogP contribution in [0.1, 0.15) is 29.2 Å². The van der Waals surface area contributed by atoms with Crippen molar-refractivity contribution in [2.75, 3.05) is 32.6 Å². The van der Waals surface area contributed by atoms with Crippen molar-refractivity contribution in [1.29, 1.82) is 0 Å². The number of methoxy groups -OCH3 is 2. The molecule has 1 aliphatic heterocycles. The molecular weight excluding hydrogens is 391 g/mol. The Bertz CT molecular complexity index is 963. The lowest BCUT2D eigenvalue weighted by Crippen LogP contribution is -2.41. The number of nitrogens with one attached hydrogen (secondary N) is 1. The van der Waals surface area contributed by atoms with Gasteiger partial charge in [-0.15, -0.1) is 0 Å². The standard InChI is InChI=1S/C22H25FN2O5/c1-13-8-15(23)4-5-17(13)24-21(26)12-25-7-6-14-9-19(29-2)20(30-3)10-16(14)18(25)11-22(27)28/h4-5,8-10,18H,6-7,11-12H2,1-3H3,(H,24,26)(H,27,28). The van der Waals surface area contributed by atoms with Gasteiger partial charge in [0.1, 0.15) is 5.82 Å². The van der Waals surface area contributed by atoms with Crippen LogP contribution in [-0.2, 0) is 16.0 Å². The van der Waals surface area contributed by atoms with Gasteiger partial charge in [-0.05, 0) is 60.4 Å². The number of fused-ring (bicyclic) bond motifs is 1. The predicted molar refractivity (Wildman–Crippen MR) is 110 cm³/mol. The molecule has 2 aromatic rings. The molecule has 0 radical (unpaired) electrons. The maximum atomic E-state index is 13.3. The molecule has 1 heterocycles. The van der Waals surface area contributed by atoms with Crippen LogP contribution in [0.2, 0.25) is 0 Å². The van der Waals surface area contributed by atoms with Gasteiger partial charge in [-0.1, -0.05) is 0 Å². The number of carboxylic acid groups (broad SMARTS) is 1. The minimum absolute atomic E-state index is 0.0164. The van der Waals surface area contributed by atoms with E-state index in [0.29, 0.717) is 35.7 Å². The van der Waals surface area contributed by atoms with Crippen molar-refractivity contribution in [3.63, 3.8) is 0 Å². The van der Waals surface area contributed by atoms with Crippen molar-refractivity contribution in [3.8, 4) is 11.5 Å². The zero-order valence-electron chi connectivity index (χ0n) is 17.2. The van der Waals surface area contributed by atoms with Crippen molar-refractivity contribution < 1.29 is 28.6 Å². The number of amides is 1. The second-order valence-electron chi connectivity index (χ2n) is 7.25. The summed E-state index contributed by atoms with van der Waals surface area (Å²) in [6, 6.07) is 7.32. The Balaban J connectivity index is 1.84. The number of carbonyl (C=O) groups excluding carboxylic acids is 1. The quantitative estimate of drug-likeness (QED) is 0.721. The summed E-state index contributed by atoms with van der Waals surface area (Å²) < 4.78 is 24.0. The summed E-state index contributed by atoms with van der Waals surface area (Å²) in [5.74, 6) is -0.515. The van der Waals surface area contributed by atoms with Gasteiger partial charge < -0.3 is 19.9 Å². The number of aryl methyl sites for hydroxylation is 1. The normalized spacial score (nSPS) is 15.9. The third kappa shape index (κ3) is 4.71. The Morgan fingerprint density at radius 2 is 1.90 bits per heavy atom. The average Bonchev–Trinajstić information content (AvgIpc) is 2.70. The summed E-state index contributed by atoms with van der Waals surface area (Å²) >= 11 is 0. The van der Waals surface area contributed by atoms with Gasteiger partial charge in [-0.25, -0.2) is 4.39 Å². The van der Waals surface area contributed by atoms with Gasteiger partial charge in [0.15, 0.2) is 11.5 Å². The van der Waals surface area contributed by atoms with Gasteiger partial charge in [-0.2, -0.15) is 0 Å². The number of halogens is 1. The summed E-state index contributed by atoms with van der Waals surface area (Å²) in [6.45, 7) is 2.25. The zero-order valence-corrected chi connectivity index (χ0v) is 17.2. The van der Waals surface area contributed by atoms with Crippen molar-refractivity contribution in [1.82, 2.24) is 4.90 Å². The van der Waals surface area contributed by atoms with E-state index in [-0.39, 0.29) is 24.7 Å². The minimum Gasteiger partial charge on any atom is -0.493 e. The number of hydrogen-bond donors (Lipinski definition) is 2. The number of carboxylic acids is 1. The van der Waals surface area contributed by atoms with E-state index in [1.807, 2.05) is 11.0 Å². The van der Waals surface area contributed by atoms with Crippen LogP contribution in [0.25, 0.3) is 0 Å². The monoisotopic (exact) mass is 416 g/mol. The lowest BCUT2D eigenvalue weighted by atomic mass is 9.90. The highest BCUT2D eigenvalue weighted by Gasteiger charge is 2.32. The van der Waals surface area contributed by atoms with Gasteiger partial charge in [0.2, 0.25) is 5.91 Å². The van der Waals surface area contributed by atoms with Crippen LogP contribution >= 0.6 is 0 Å². The van der Waals surface area contributed by atoms with Crippen molar-refractivity contribution >= 4 is 17.6 Å². The molecule has 0 aliphatic carbocycles. The molecule has 0 bridgehead atoms. The van der Waals surface area contributed by atoms with Crippen LogP contribution in [-0.4, -0.2) is 49.2 Å². The van der Waals surface area contributed by atoms with Crippen LogP contribution in [0.3, 0.4) is 0 Å². The highest BCUT2D eigenvalue weighted by molar-refractivity contribution is 5.93. The van der Waals surface area contributed by atoms with Crippen LogP contribution in [0.5, 0.6) is 11.5 Å². The van der Waals surface area contributed by atoms with E-state index >= 15 is 0 Å². The van der Waals surface area contributed by atoms with Gasteiger partial charge in [0.25, 0.3) is 0 Å². The fourth-order valence-corrected chi connectivity index (χ4v) is 3.82. The van der Waals surface area contributed by atoms with E-state index in [1.54, 1.807) is 20.1 Å². The summed E-state index contributed by atoms with van der Waals surface area (Å²) in [5.41, 5.74) is 2.93. The number of ether oxygens (including phenoxy) is 2. The summed E-state index contributed by atoms with van der Waals surface area (Å²) in [6.07, 6.45) is 0.500. The lowest BCUT2D eigenvalue weighted by molar-refractivity contribution is -0.139. The molecule has 0 spiro atoms. The molecule has 3 rings (SSSR count). The van der Waals surface area contributed by atoms with Crippen LogP contribution in [0.15, 0.2) is 30.3 Å². The Morgan fingerprint density at radius 3 is 2.53 bits per heavy atom. The number of aliphatic carboxylic acids is 1. The first kappa shape index (κ1) is 21.6. The average molecular weight is 416 g/mol. The van der Waals surface area contributed by atoms with Crippen LogP contribution in [0, 0.1) is 12.7 Å². The Hall–Kier alpha value is -3.13. The molecule has 2 aromatic carbocycles. The number of anilines is 1. The molecule has 7 nitrogen and oxygen atoms in total. The van der Waals surface area contributed by atoms with E-state index < -0.39 is 12.0 Å². The Labute approximate surface area is 174 Å². The number of benzene rings is 2. The van der Waals surface area contributed by atoms with Gasteiger partial charge in [-0.3, -0.25) is 14.5 Å². The smallest absolute Gasteiger partial charge is 0.305 e. The molecule has 30 heavy (non-hydrogen) atoms. The molecule has 1 aliphatic rings. The minimum atomic E-state index is -0.956. The number of rotatable bonds is 7. The van der Waals surface area contributed by atoms with Gasteiger partial charge in [0.05, 0.1) is 27.2 Å².